The van der Waals surface area contributed by atoms with E-state index in [4.69, 9.17) is 0 Å². The molecular formula is C16H21N3O. The smallest absolute Gasteiger partial charge is 0.219 e. The molecule has 0 bridgehead atoms. The first-order chi connectivity index (χ1) is 9.70. The second-order valence-corrected chi connectivity index (χ2v) is 5.25. The van der Waals surface area contributed by atoms with Crippen LogP contribution >= 0.6 is 0 Å². The number of nitrogens with zero attached hydrogens (tertiary/aromatic N) is 3. The molecule has 1 aromatic carbocycles. The first-order valence-electron chi connectivity index (χ1n) is 7.13. The molecule has 0 saturated carbocycles. The Balaban J connectivity index is 1.95. The lowest BCUT2D eigenvalue weighted by molar-refractivity contribution is -0.128. The second kappa shape index (κ2) is 7.06. The van der Waals surface area contributed by atoms with Gasteiger partial charge in [-0.15, -0.1) is 0 Å². The third-order valence-electron chi connectivity index (χ3n) is 3.83. The van der Waals surface area contributed by atoms with E-state index in [1.165, 1.54) is 0 Å². The van der Waals surface area contributed by atoms with Crippen LogP contribution in [0.3, 0.4) is 0 Å². The number of benzene rings is 1. The van der Waals surface area contributed by atoms with Crippen molar-refractivity contribution < 1.29 is 4.79 Å². The number of amides is 1. The van der Waals surface area contributed by atoms with E-state index in [9.17, 15) is 10.1 Å². The maximum absolute atomic E-state index is 11.4. The molecule has 0 radical (unpaired) electrons. The molecule has 106 valence electrons. The topological polar surface area (TPSA) is 47.3 Å². The van der Waals surface area contributed by atoms with Crippen molar-refractivity contribution in [3.63, 3.8) is 0 Å². The lowest BCUT2D eigenvalue weighted by Gasteiger charge is -2.23. The zero-order valence-electron chi connectivity index (χ0n) is 12.0. The molecule has 1 heterocycles. The Labute approximate surface area is 120 Å². The van der Waals surface area contributed by atoms with Crippen LogP contribution in [-0.2, 0) is 4.79 Å². The number of rotatable bonds is 3. The highest BCUT2D eigenvalue weighted by Crippen LogP contribution is 2.17. The summed E-state index contributed by atoms with van der Waals surface area (Å²) in [4.78, 5) is 15.6. The van der Waals surface area contributed by atoms with Crippen LogP contribution < -0.4 is 0 Å². The number of carbonyl (C=O) groups excluding carboxylic acids is 1. The largest absolute Gasteiger partial charge is 0.342 e. The van der Waals surface area contributed by atoms with Crippen LogP contribution in [0.2, 0.25) is 0 Å². The Hall–Kier alpha value is -1.86. The number of hydrogen-bond acceptors (Lipinski definition) is 3. The van der Waals surface area contributed by atoms with Gasteiger partial charge >= 0.3 is 0 Å². The molecule has 0 aliphatic carbocycles. The van der Waals surface area contributed by atoms with Gasteiger partial charge in [-0.3, -0.25) is 9.69 Å². The zero-order valence-corrected chi connectivity index (χ0v) is 12.0. The summed E-state index contributed by atoms with van der Waals surface area (Å²) in [5.41, 5.74) is 1.07. The highest BCUT2D eigenvalue weighted by Gasteiger charge is 2.20. The highest BCUT2D eigenvalue weighted by atomic mass is 16.2. The molecule has 20 heavy (non-hydrogen) atoms. The Morgan fingerprint density at radius 3 is 2.65 bits per heavy atom. The maximum Gasteiger partial charge on any atom is 0.219 e. The fourth-order valence-corrected chi connectivity index (χ4v) is 2.63. The van der Waals surface area contributed by atoms with Gasteiger partial charge in [0.05, 0.1) is 12.0 Å². The van der Waals surface area contributed by atoms with Crippen LogP contribution in [0.5, 0.6) is 0 Å². The summed E-state index contributed by atoms with van der Waals surface area (Å²) in [5.74, 6) is 0.0480. The van der Waals surface area contributed by atoms with Crippen LogP contribution in [0.1, 0.15) is 24.8 Å². The second-order valence-electron chi connectivity index (χ2n) is 5.25. The summed E-state index contributed by atoms with van der Waals surface area (Å²) < 4.78 is 0. The van der Waals surface area contributed by atoms with Crippen LogP contribution in [-0.4, -0.2) is 48.4 Å². The lowest BCUT2D eigenvalue weighted by atomic mass is 10.00. The normalized spacial score (nSPS) is 18.1. The summed E-state index contributed by atoms with van der Waals surface area (Å²) in [5, 5.41) is 9.38. The minimum atomic E-state index is -0.0971. The average molecular weight is 271 g/mol. The molecule has 4 nitrogen and oxygen atoms in total. The van der Waals surface area contributed by atoms with Gasteiger partial charge in [0.2, 0.25) is 5.91 Å². The summed E-state index contributed by atoms with van der Waals surface area (Å²) in [7, 11) is 0. The van der Waals surface area contributed by atoms with E-state index in [0.717, 1.165) is 44.7 Å². The minimum Gasteiger partial charge on any atom is -0.342 e. The van der Waals surface area contributed by atoms with Crippen LogP contribution in [0.4, 0.5) is 0 Å². The van der Waals surface area contributed by atoms with Gasteiger partial charge in [-0.25, -0.2) is 0 Å². The van der Waals surface area contributed by atoms with E-state index in [2.05, 4.69) is 11.0 Å². The average Bonchev–Trinajstić information content (AvgIpc) is 2.71. The van der Waals surface area contributed by atoms with E-state index in [1.807, 2.05) is 35.2 Å². The Morgan fingerprint density at radius 2 is 2.00 bits per heavy atom. The SMILES string of the molecule is CC(=O)N1CCCN(CC(C#N)c2ccccc2)CC1. The molecule has 1 aliphatic rings. The molecule has 1 saturated heterocycles. The third-order valence-corrected chi connectivity index (χ3v) is 3.83. The van der Waals surface area contributed by atoms with Gasteiger partial charge < -0.3 is 4.90 Å². The fraction of sp³-hybridized carbons (Fsp3) is 0.500. The predicted molar refractivity (Wildman–Crippen MR) is 78.1 cm³/mol. The molecule has 2 rings (SSSR count). The Morgan fingerprint density at radius 1 is 1.25 bits per heavy atom. The van der Waals surface area contributed by atoms with E-state index in [0.29, 0.717) is 0 Å². The molecule has 4 heteroatoms. The van der Waals surface area contributed by atoms with Gasteiger partial charge in [-0.05, 0) is 18.5 Å². The highest BCUT2D eigenvalue weighted by molar-refractivity contribution is 5.73. The zero-order chi connectivity index (χ0) is 14.4. The Bertz CT molecular complexity index is 480. The monoisotopic (exact) mass is 271 g/mol. The van der Waals surface area contributed by atoms with Gasteiger partial charge in [0, 0.05) is 33.1 Å². The summed E-state index contributed by atoms with van der Waals surface area (Å²) >= 11 is 0. The van der Waals surface area contributed by atoms with Crippen molar-refractivity contribution in [2.24, 2.45) is 0 Å². The minimum absolute atomic E-state index is 0.0971. The first kappa shape index (κ1) is 14.5. The van der Waals surface area contributed by atoms with E-state index >= 15 is 0 Å². The van der Waals surface area contributed by atoms with Crippen molar-refractivity contribution in [1.29, 1.82) is 5.26 Å². The maximum atomic E-state index is 11.4. The Kier molecular flexibility index (Phi) is 5.14. The van der Waals surface area contributed by atoms with Crippen LogP contribution in [0.15, 0.2) is 30.3 Å². The van der Waals surface area contributed by atoms with Crippen molar-refractivity contribution in [2.45, 2.75) is 19.3 Å². The van der Waals surface area contributed by atoms with Crippen molar-refractivity contribution in [3.8, 4) is 6.07 Å². The fourth-order valence-electron chi connectivity index (χ4n) is 2.63. The van der Waals surface area contributed by atoms with E-state index in [-0.39, 0.29) is 11.8 Å². The summed E-state index contributed by atoms with van der Waals surface area (Å²) in [6.07, 6.45) is 0.979. The quantitative estimate of drug-likeness (QED) is 0.843. The predicted octanol–water partition coefficient (Wildman–Crippen LogP) is 1.85. The molecule has 1 atom stereocenters. The molecule has 0 N–H and O–H groups in total. The van der Waals surface area contributed by atoms with Crippen LogP contribution in [0.25, 0.3) is 0 Å². The molecule has 0 spiro atoms. The molecule has 1 aliphatic heterocycles. The van der Waals surface area contributed by atoms with Crippen molar-refractivity contribution in [3.05, 3.63) is 35.9 Å². The van der Waals surface area contributed by atoms with Crippen LogP contribution in [0, 0.1) is 11.3 Å². The molecule has 1 fully saturated rings. The molecule has 0 aromatic heterocycles. The molecular weight excluding hydrogens is 250 g/mol. The summed E-state index contributed by atoms with van der Waals surface area (Å²) in [6, 6.07) is 12.3. The van der Waals surface area contributed by atoms with Gasteiger partial charge in [-0.2, -0.15) is 5.26 Å². The van der Waals surface area contributed by atoms with Gasteiger partial charge in [-0.1, -0.05) is 30.3 Å². The standard InChI is InChI=1S/C16H21N3O/c1-14(20)19-9-5-8-18(10-11-19)13-16(12-17)15-6-3-2-4-7-15/h2-4,6-7,16H,5,8-11,13H2,1H3. The number of nitriles is 1. The third kappa shape index (κ3) is 3.82. The van der Waals surface area contributed by atoms with E-state index in [1.54, 1.807) is 6.92 Å². The number of hydrogen-bond donors (Lipinski definition) is 0. The van der Waals surface area contributed by atoms with Crippen molar-refractivity contribution >= 4 is 5.91 Å². The van der Waals surface area contributed by atoms with Gasteiger partial charge in [0.25, 0.3) is 0 Å². The summed E-state index contributed by atoms with van der Waals surface area (Å²) in [6.45, 7) is 5.76. The van der Waals surface area contributed by atoms with E-state index < -0.39 is 0 Å². The van der Waals surface area contributed by atoms with Gasteiger partial charge in [0.15, 0.2) is 0 Å². The molecule has 1 unspecified atom stereocenters. The molecule has 1 aromatic rings. The molecule has 1 amide bonds. The first-order valence-corrected chi connectivity index (χ1v) is 7.13. The van der Waals surface area contributed by atoms with Crippen molar-refractivity contribution in [1.82, 2.24) is 9.80 Å². The van der Waals surface area contributed by atoms with Crippen molar-refractivity contribution in [2.75, 3.05) is 32.7 Å². The lowest BCUT2D eigenvalue weighted by Crippen LogP contribution is -2.35. The number of carbonyl (C=O) groups is 1. The van der Waals surface area contributed by atoms with Gasteiger partial charge in [0.1, 0.15) is 0 Å².